The molecule has 29 heavy (non-hydrogen) atoms. The van der Waals surface area contributed by atoms with E-state index in [1.165, 1.54) is 0 Å². The fourth-order valence-electron chi connectivity index (χ4n) is 5.51. The van der Waals surface area contributed by atoms with E-state index in [2.05, 4.69) is 18.7 Å². The summed E-state index contributed by atoms with van der Waals surface area (Å²) in [7, 11) is 1.77. The van der Waals surface area contributed by atoms with Crippen molar-refractivity contribution in [2.24, 2.45) is 23.2 Å². The molecule has 2 atom stereocenters. The number of Topliss-reactive ketones (excluding diaryl/α,β-unsaturated/α-hetero) is 1. The van der Waals surface area contributed by atoms with Crippen molar-refractivity contribution in [3.05, 3.63) is 22.2 Å². The van der Waals surface area contributed by atoms with Crippen LogP contribution < -0.4 is 10.5 Å². The molecule has 0 spiro atoms. The second-order valence-electron chi connectivity index (χ2n) is 9.82. The second kappa shape index (κ2) is 8.09. The summed E-state index contributed by atoms with van der Waals surface area (Å²) in [4.78, 5) is 15.5. The summed E-state index contributed by atoms with van der Waals surface area (Å²) in [5, 5.41) is 0.468. The number of likely N-dealkylation sites (tertiary alicyclic amines) is 1. The van der Waals surface area contributed by atoms with Gasteiger partial charge in [-0.15, -0.1) is 0 Å². The van der Waals surface area contributed by atoms with Gasteiger partial charge in [-0.3, -0.25) is 4.79 Å². The lowest BCUT2D eigenvalue weighted by Crippen LogP contribution is -2.37. The Morgan fingerprint density at radius 1 is 1.38 bits per heavy atom. The van der Waals surface area contributed by atoms with Crippen LogP contribution >= 0.6 is 11.6 Å². The number of rotatable bonds is 8. The lowest BCUT2D eigenvalue weighted by Gasteiger charge is -2.30. The smallest absolute Gasteiger partial charge is 0.166 e. The average Bonchev–Trinajstić information content (AvgIpc) is 3.13. The molecule has 0 radical (unpaired) electrons. The van der Waals surface area contributed by atoms with Gasteiger partial charge in [0, 0.05) is 44.1 Å². The average molecular weight is 421 g/mol. The van der Waals surface area contributed by atoms with E-state index in [1.54, 1.807) is 13.2 Å². The Balaban J connectivity index is 1.31. The number of anilines is 1. The van der Waals surface area contributed by atoms with Crippen molar-refractivity contribution in [2.45, 2.75) is 39.5 Å². The van der Waals surface area contributed by atoms with Gasteiger partial charge in [0.25, 0.3) is 0 Å². The van der Waals surface area contributed by atoms with Crippen LogP contribution in [-0.4, -0.2) is 50.6 Å². The number of nitrogens with two attached hydrogens (primary N) is 1. The number of nitrogen functional groups attached to an aromatic ring is 1. The van der Waals surface area contributed by atoms with Crippen molar-refractivity contribution >= 4 is 23.1 Å². The number of hydrogen-bond acceptors (Lipinski definition) is 5. The molecule has 160 valence electrons. The molecular weight excluding hydrogens is 388 g/mol. The molecule has 6 heteroatoms. The van der Waals surface area contributed by atoms with E-state index in [1.807, 2.05) is 0 Å². The summed E-state index contributed by atoms with van der Waals surface area (Å²) >= 11 is 6.29. The molecule has 0 aromatic heterocycles. The number of nitrogens with zero attached hydrogens (tertiary/aromatic N) is 1. The zero-order valence-corrected chi connectivity index (χ0v) is 18.6. The molecule has 2 N–H and O–H groups in total. The number of ketones is 1. The monoisotopic (exact) mass is 420 g/mol. The van der Waals surface area contributed by atoms with Gasteiger partial charge in [0.1, 0.15) is 5.75 Å². The van der Waals surface area contributed by atoms with Crippen LogP contribution in [0.5, 0.6) is 5.75 Å². The Kier molecular flexibility index (Phi) is 5.84. The molecule has 3 aliphatic rings. The van der Waals surface area contributed by atoms with Gasteiger partial charge < -0.3 is 20.1 Å². The van der Waals surface area contributed by atoms with Gasteiger partial charge in [-0.2, -0.15) is 0 Å². The maximum atomic E-state index is 13.0. The Morgan fingerprint density at radius 2 is 2.10 bits per heavy atom. The highest BCUT2D eigenvalue weighted by molar-refractivity contribution is 6.33. The molecule has 1 aromatic carbocycles. The van der Waals surface area contributed by atoms with Crippen LogP contribution in [0, 0.1) is 23.2 Å². The number of carbonyl (C=O) groups excluding carboxylic acids is 1. The van der Waals surface area contributed by atoms with Gasteiger partial charge in [-0.25, -0.2) is 0 Å². The van der Waals surface area contributed by atoms with E-state index in [0.29, 0.717) is 41.0 Å². The predicted octanol–water partition coefficient (Wildman–Crippen LogP) is 4.06. The molecule has 2 heterocycles. The summed E-state index contributed by atoms with van der Waals surface area (Å²) in [6.07, 6.45) is 3.25. The van der Waals surface area contributed by atoms with Crippen LogP contribution in [0.3, 0.4) is 0 Å². The molecule has 1 aromatic rings. The highest BCUT2D eigenvalue weighted by Gasteiger charge is 2.55. The van der Waals surface area contributed by atoms with E-state index in [0.717, 1.165) is 62.9 Å². The third-order valence-corrected chi connectivity index (χ3v) is 7.14. The Bertz CT molecular complexity index is 783. The zero-order valence-electron chi connectivity index (χ0n) is 17.8. The zero-order chi connectivity index (χ0) is 20.8. The van der Waals surface area contributed by atoms with Crippen molar-refractivity contribution in [3.8, 4) is 5.75 Å². The number of carbonyl (C=O) groups is 1. The van der Waals surface area contributed by atoms with Gasteiger partial charge in [0.2, 0.25) is 0 Å². The summed E-state index contributed by atoms with van der Waals surface area (Å²) in [5.74, 6) is 2.99. The third-order valence-electron chi connectivity index (χ3n) is 6.83. The van der Waals surface area contributed by atoms with Crippen LogP contribution in [0.15, 0.2) is 6.07 Å². The molecule has 2 unspecified atom stereocenters. The molecule has 4 rings (SSSR count). The lowest BCUT2D eigenvalue weighted by atomic mass is 9.93. The van der Waals surface area contributed by atoms with Crippen LogP contribution in [0.4, 0.5) is 5.69 Å². The largest absolute Gasteiger partial charge is 0.492 e. The first-order valence-electron chi connectivity index (χ1n) is 10.8. The number of fused-ring (bicyclic) bond motifs is 2. The van der Waals surface area contributed by atoms with E-state index >= 15 is 0 Å². The number of halogens is 1. The Hall–Kier alpha value is -1.30. The first-order chi connectivity index (χ1) is 13.8. The molecule has 1 saturated carbocycles. The number of hydrogen-bond donors (Lipinski definition) is 1. The van der Waals surface area contributed by atoms with Crippen molar-refractivity contribution in [1.29, 1.82) is 0 Å². The third kappa shape index (κ3) is 4.28. The normalized spacial score (nSPS) is 26.0. The minimum Gasteiger partial charge on any atom is -0.492 e. The quantitative estimate of drug-likeness (QED) is 0.507. The fourth-order valence-corrected chi connectivity index (χ4v) is 5.73. The van der Waals surface area contributed by atoms with Gasteiger partial charge >= 0.3 is 0 Å². The maximum absolute atomic E-state index is 13.0. The van der Waals surface area contributed by atoms with E-state index in [-0.39, 0.29) is 11.2 Å². The molecule has 2 aliphatic heterocycles. The summed E-state index contributed by atoms with van der Waals surface area (Å²) in [5.41, 5.74) is 8.38. The SMILES string of the molecule is COCC(C)(C)CN1CC2C(CCC(=O)c3cc(Cl)c(N)c4c3OCCC4)C2C1. The van der Waals surface area contributed by atoms with Gasteiger partial charge in [-0.1, -0.05) is 25.4 Å². The molecule has 5 nitrogen and oxygen atoms in total. The van der Waals surface area contributed by atoms with Gasteiger partial charge in [0.05, 0.1) is 29.5 Å². The number of piperidine rings is 1. The van der Waals surface area contributed by atoms with Crippen molar-refractivity contribution < 1.29 is 14.3 Å². The maximum Gasteiger partial charge on any atom is 0.166 e. The minimum absolute atomic E-state index is 0.133. The number of ether oxygens (including phenoxy) is 2. The fraction of sp³-hybridized carbons (Fsp3) is 0.696. The topological polar surface area (TPSA) is 64.8 Å². The number of methoxy groups -OCH3 is 1. The summed E-state index contributed by atoms with van der Waals surface area (Å²) in [6, 6.07) is 1.71. The van der Waals surface area contributed by atoms with E-state index in [9.17, 15) is 4.79 Å². The molecule has 0 amide bonds. The van der Waals surface area contributed by atoms with Crippen LogP contribution in [0.1, 0.15) is 49.0 Å². The van der Waals surface area contributed by atoms with Crippen molar-refractivity contribution in [2.75, 3.05) is 45.7 Å². The second-order valence-corrected chi connectivity index (χ2v) is 10.2. The predicted molar refractivity (Wildman–Crippen MR) is 116 cm³/mol. The molecule has 0 bridgehead atoms. The molecule has 1 aliphatic carbocycles. The van der Waals surface area contributed by atoms with Crippen molar-refractivity contribution in [1.82, 2.24) is 4.90 Å². The minimum atomic E-state index is 0.133. The standard InChI is InChI=1S/C23H33ClN2O3/c1-23(2,13-28-3)12-26-10-17-14(18(17)11-26)6-7-20(27)16-9-19(24)21(25)15-5-4-8-29-22(15)16/h9,14,17-18H,4-8,10-13,25H2,1-3H3. The molecule has 2 fully saturated rings. The van der Waals surface area contributed by atoms with Gasteiger partial charge in [0.15, 0.2) is 5.78 Å². The van der Waals surface area contributed by atoms with Crippen molar-refractivity contribution in [3.63, 3.8) is 0 Å². The van der Waals surface area contributed by atoms with E-state index < -0.39 is 0 Å². The highest BCUT2D eigenvalue weighted by Crippen LogP contribution is 2.54. The first kappa shape index (κ1) is 21.0. The first-order valence-corrected chi connectivity index (χ1v) is 11.2. The Morgan fingerprint density at radius 3 is 2.79 bits per heavy atom. The summed E-state index contributed by atoms with van der Waals surface area (Å²) < 4.78 is 11.2. The van der Waals surface area contributed by atoms with Crippen LogP contribution in [0.25, 0.3) is 0 Å². The lowest BCUT2D eigenvalue weighted by molar-refractivity contribution is 0.0718. The summed E-state index contributed by atoms with van der Waals surface area (Å²) in [6.45, 7) is 9.33. The molecular formula is C23H33ClN2O3. The van der Waals surface area contributed by atoms with Crippen LogP contribution in [-0.2, 0) is 11.2 Å². The molecule has 1 saturated heterocycles. The number of benzene rings is 1. The van der Waals surface area contributed by atoms with E-state index in [4.69, 9.17) is 26.8 Å². The van der Waals surface area contributed by atoms with Gasteiger partial charge in [-0.05, 0) is 43.1 Å². The highest BCUT2D eigenvalue weighted by atomic mass is 35.5. The van der Waals surface area contributed by atoms with Crippen LogP contribution in [0.2, 0.25) is 5.02 Å². The Labute approximate surface area is 178 Å².